The third-order valence-electron chi connectivity index (χ3n) is 9.24. The third kappa shape index (κ3) is 5.42. The summed E-state index contributed by atoms with van der Waals surface area (Å²) in [6.07, 6.45) is 17.0. The minimum Gasteiger partial charge on any atom is -0.678 e. The van der Waals surface area contributed by atoms with E-state index in [1.54, 1.807) is 0 Å². The Morgan fingerprint density at radius 1 is 0.610 bits per heavy atom. The Balaban J connectivity index is 0.00000387. The second-order valence-corrected chi connectivity index (χ2v) is 11.1. The summed E-state index contributed by atoms with van der Waals surface area (Å²) < 4.78 is 0. The average Bonchev–Trinajstić information content (AvgIpc) is 3.67. The minimum atomic E-state index is 0. The first-order valence-corrected chi connectivity index (χ1v) is 15.8. The predicted molar refractivity (Wildman–Crippen MR) is 171 cm³/mol. The van der Waals surface area contributed by atoms with Gasteiger partial charge in [-0.2, -0.15) is 0 Å². The van der Waals surface area contributed by atoms with Crippen molar-refractivity contribution in [3.63, 3.8) is 0 Å². The van der Waals surface area contributed by atoms with Crippen molar-refractivity contribution in [1.82, 2.24) is 4.98 Å². The van der Waals surface area contributed by atoms with Gasteiger partial charge in [0.05, 0.1) is 22.8 Å². The van der Waals surface area contributed by atoms with Crippen LogP contribution >= 0.6 is 0 Å². The van der Waals surface area contributed by atoms with E-state index in [0.717, 1.165) is 90.6 Å². The molecule has 220 valence electrons. The zero-order valence-corrected chi connectivity index (χ0v) is 28.5. The van der Waals surface area contributed by atoms with E-state index in [1.165, 1.54) is 39.0 Å². The van der Waals surface area contributed by atoms with Gasteiger partial charge in [0.2, 0.25) is 0 Å². The quantitative estimate of drug-likeness (QED) is 0.271. The van der Waals surface area contributed by atoms with Gasteiger partial charge in [-0.05, 0) is 73.2 Å². The Hall–Kier alpha value is -2.45. The molecule has 4 nitrogen and oxygen atoms in total. The van der Waals surface area contributed by atoms with Crippen molar-refractivity contribution in [2.45, 2.75) is 113 Å². The smallest absolute Gasteiger partial charge is 0.678 e. The van der Waals surface area contributed by atoms with Gasteiger partial charge in [-0.15, -0.1) is 16.4 Å². The summed E-state index contributed by atoms with van der Waals surface area (Å²) in [5.41, 5.74) is 15.1. The molecule has 5 heteroatoms. The third-order valence-corrected chi connectivity index (χ3v) is 9.24. The standard InChI is InChI=1S/C36H46N4.Pt/c1-9-21-22(10-2)30-18-32-25(13-5)26(14-6)34(39-32)20-36-28(16-8)27(15-7)35(40-36)19-33-24(12-4)23(11-3)31(38-33)17-29(21)37-30;/h17-21,29H,9-16H2,1-8H3;/q-2;+2/b31-17-,32-18-,35-19-,36-20-;. The maximum absolute atomic E-state index is 5.37. The number of aromatic nitrogens is 1. The second kappa shape index (κ2) is 13.2. The molecule has 2 atom stereocenters. The second-order valence-electron chi connectivity index (χ2n) is 11.1. The molecule has 0 N–H and O–H groups in total. The number of fused-ring (bicyclic) bond motifs is 6. The van der Waals surface area contributed by atoms with Crippen LogP contribution in [-0.4, -0.2) is 17.5 Å². The number of rotatable bonds is 8. The van der Waals surface area contributed by atoms with E-state index in [9.17, 15) is 0 Å². The molecule has 5 heterocycles. The molecule has 0 saturated heterocycles. The van der Waals surface area contributed by atoms with E-state index in [1.807, 2.05) is 0 Å². The molecule has 2 unspecified atom stereocenters. The fourth-order valence-electron chi connectivity index (χ4n) is 7.32. The van der Waals surface area contributed by atoms with Gasteiger partial charge in [-0.1, -0.05) is 109 Å². The van der Waals surface area contributed by atoms with Crippen molar-refractivity contribution < 1.29 is 21.1 Å². The molecule has 4 aliphatic heterocycles. The monoisotopic (exact) mass is 729 g/mol. The maximum Gasteiger partial charge on any atom is 2.00 e. The van der Waals surface area contributed by atoms with Crippen molar-refractivity contribution in [3.8, 4) is 0 Å². The number of nitrogens with zero attached hydrogens (tertiary/aromatic N) is 4. The average molecular weight is 730 g/mol. The molecule has 5 rings (SSSR count). The van der Waals surface area contributed by atoms with Crippen molar-refractivity contribution in [2.75, 3.05) is 0 Å². The molecule has 0 amide bonds. The van der Waals surface area contributed by atoms with Crippen LogP contribution in [0.3, 0.4) is 0 Å². The minimum absolute atomic E-state index is 0. The summed E-state index contributed by atoms with van der Waals surface area (Å²) in [7, 11) is 0. The van der Waals surface area contributed by atoms with Crippen LogP contribution in [0.5, 0.6) is 0 Å². The maximum atomic E-state index is 5.37. The van der Waals surface area contributed by atoms with E-state index in [2.05, 4.69) is 79.7 Å². The van der Waals surface area contributed by atoms with E-state index < -0.39 is 0 Å². The predicted octanol–water partition coefficient (Wildman–Crippen LogP) is 7.70. The van der Waals surface area contributed by atoms with Crippen molar-refractivity contribution in [1.29, 1.82) is 0 Å². The Kier molecular flexibility index (Phi) is 10.2. The molecule has 0 saturated carbocycles. The molecule has 0 aromatic carbocycles. The molecule has 41 heavy (non-hydrogen) atoms. The summed E-state index contributed by atoms with van der Waals surface area (Å²) >= 11 is 0. The van der Waals surface area contributed by atoms with E-state index in [4.69, 9.17) is 20.3 Å². The number of hydrogen-bond acceptors (Lipinski definition) is 2. The van der Waals surface area contributed by atoms with Gasteiger partial charge in [-0.3, -0.25) is 0 Å². The SMILES string of the molecule is CCC1=C(CC)/C2=C/C3=C(CC)C(CC)C(/C=C4N=C(/C=c5\[n-]/c(c(CC)c5CC)=C\C1=N2)C(CC)=C\4CC)[N-]3.[Pt+2]. The van der Waals surface area contributed by atoms with Gasteiger partial charge >= 0.3 is 21.1 Å². The van der Waals surface area contributed by atoms with Crippen molar-refractivity contribution in [2.24, 2.45) is 15.9 Å². The summed E-state index contributed by atoms with van der Waals surface area (Å²) in [6.45, 7) is 18.1. The van der Waals surface area contributed by atoms with Crippen LogP contribution in [0.25, 0.3) is 17.5 Å². The van der Waals surface area contributed by atoms with Crippen LogP contribution in [0, 0.1) is 5.92 Å². The van der Waals surface area contributed by atoms with Gasteiger partial charge in [0.15, 0.2) is 0 Å². The van der Waals surface area contributed by atoms with Crippen LogP contribution in [-0.2, 0) is 33.9 Å². The topological polar surface area (TPSA) is 52.9 Å². The first kappa shape index (κ1) is 31.5. The largest absolute Gasteiger partial charge is 2.00 e. The van der Waals surface area contributed by atoms with E-state index in [0.29, 0.717) is 5.92 Å². The summed E-state index contributed by atoms with van der Waals surface area (Å²) in [6, 6.07) is 0.107. The molecule has 4 aliphatic rings. The zero-order chi connectivity index (χ0) is 28.6. The van der Waals surface area contributed by atoms with Crippen LogP contribution in [0.1, 0.15) is 105 Å². The fraction of sp³-hybridized carbons (Fsp3) is 0.500. The molecule has 0 radical (unpaired) electrons. The Morgan fingerprint density at radius 2 is 1.12 bits per heavy atom. The summed E-state index contributed by atoms with van der Waals surface area (Å²) in [5.74, 6) is 0.403. The Morgan fingerprint density at radius 3 is 1.59 bits per heavy atom. The Labute approximate surface area is 261 Å². The number of hydrogen-bond donors (Lipinski definition) is 0. The molecule has 0 aliphatic carbocycles. The van der Waals surface area contributed by atoms with E-state index in [-0.39, 0.29) is 27.1 Å². The zero-order valence-electron chi connectivity index (χ0n) is 26.2. The fourth-order valence-corrected chi connectivity index (χ4v) is 7.32. The number of allylic oxidation sites excluding steroid dienone is 5. The molecular weight excluding hydrogens is 684 g/mol. The normalized spacial score (nSPS) is 25.9. The van der Waals surface area contributed by atoms with E-state index >= 15 is 0 Å². The van der Waals surface area contributed by atoms with Gasteiger partial charge in [0, 0.05) is 0 Å². The van der Waals surface area contributed by atoms with Gasteiger partial charge < -0.3 is 10.3 Å². The molecular formula is C36H46N4Pt. The summed E-state index contributed by atoms with van der Waals surface area (Å²) in [5, 5.41) is 7.51. The molecule has 8 bridgehead atoms. The van der Waals surface area contributed by atoms with Crippen molar-refractivity contribution >= 4 is 23.6 Å². The molecule has 1 aromatic heterocycles. The molecule has 0 spiro atoms. The van der Waals surface area contributed by atoms with Crippen LogP contribution in [0.4, 0.5) is 0 Å². The first-order valence-electron chi connectivity index (χ1n) is 15.8. The molecule has 1 aromatic rings. The van der Waals surface area contributed by atoms with Crippen LogP contribution in [0.2, 0.25) is 0 Å². The first-order chi connectivity index (χ1) is 19.5. The van der Waals surface area contributed by atoms with Crippen LogP contribution in [0.15, 0.2) is 67.1 Å². The van der Waals surface area contributed by atoms with Gasteiger partial charge in [0.1, 0.15) is 0 Å². The number of aliphatic imine (C=N–C) groups is 2. The Bertz CT molecular complexity index is 1550. The van der Waals surface area contributed by atoms with Crippen LogP contribution < -0.4 is 15.7 Å². The molecule has 0 fully saturated rings. The summed E-state index contributed by atoms with van der Waals surface area (Å²) in [4.78, 5) is 15.8. The van der Waals surface area contributed by atoms with Crippen molar-refractivity contribution in [3.05, 3.63) is 84.3 Å². The van der Waals surface area contributed by atoms with Gasteiger partial charge in [-0.25, -0.2) is 9.98 Å². The van der Waals surface area contributed by atoms with Gasteiger partial charge in [0.25, 0.3) is 0 Å².